The number of fused-ring (bicyclic) bond motifs is 1. The average molecular weight is 234 g/mol. The van der Waals surface area contributed by atoms with E-state index >= 15 is 0 Å². The Hall–Kier alpha value is -1.88. The molecule has 0 amide bonds. The lowest BCUT2D eigenvalue weighted by molar-refractivity contribution is 0.0889. The molecule has 0 aliphatic carbocycles. The van der Waals surface area contributed by atoms with Gasteiger partial charge in [0.15, 0.2) is 11.4 Å². The molecule has 2 N–H and O–H groups in total. The highest BCUT2D eigenvalue weighted by atomic mass is 16.4. The monoisotopic (exact) mass is 234 g/mol. The Labute approximate surface area is 97.8 Å². The molecule has 5 heteroatoms. The second kappa shape index (κ2) is 3.85. The molecule has 17 heavy (non-hydrogen) atoms. The number of ketones is 1. The van der Waals surface area contributed by atoms with Gasteiger partial charge in [-0.15, -0.1) is 0 Å². The van der Waals surface area contributed by atoms with E-state index in [-0.39, 0.29) is 5.78 Å². The van der Waals surface area contributed by atoms with Crippen LogP contribution < -0.4 is 11.1 Å². The van der Waals surface area contributed by atoms with Gasteiger partial charge in [-0.05, 0) is 39.1 Å². The molecule has 1 aromatic heterocycles. The van der Waals surface area contributed by atoms with Gasteiger partial charge in [0.1, 0.15) is 0 Å². The van der Waals surface area contributed by atoms with Gasteiger partial charge in [0.05, 0.1) is 11.1 Å². The Morgan fingerprint density at radius 3 is 2.76 bits per heavy atom. The highest BCUT2D eigenvalue weighted by Crippen LogP contribution is 2.17. The van der Waals surface area contributed by atoms with Crippen LogP contribution in [0.3, 0.4) is 0 Å². The normalized spacial score (nSPS) is 11.9. The smallest absolute Gasteiger partial charge is 0.408 e. The Bertz CT molecular complexity index is 622. The standard InChI is InChI=1S/C12H14N2O3/c1-12(2,13-3)10(15)7-4-5-9-8(6-7)14-11(16)17-9/h4-6,13H,1-3H3,(H,14,16). The fourth-order valence-electron chi connectivity index (χ4n) is 1.57. The molecule has 0 atom stereocenters. The molecular formula is C12H14N2O3. The maximum Gasteiger partial charge on any atom is 0.417 e. The van der Waals surface area contributed by atoms with Crippen LogP contribution in [0.4, 0.5) is 0 Å². The minimum absolute atomic E-state index is 0.0380. The number of hydrogen-bond donors (Lipinski definition) is 2. The van der Waals surface area contributed by atoms with Crippen molar-refractivity contribution >= 4 is 16.9 Å². The molecule has 2 rings (SSSR count). The van der Waals surface area contributed by atoms with Gasteiger partial charge in [0.25, 0.3) is 0 Å². The minimum Gasteiger partial charge on any atom is -0.408 e. The quantitative estimate of drug-likeness (QED) is 0.785. The topological polar surface area (TPSA) is 75.1 Å². The molecule has 1 heterocycles. The third-order valence-electron chi connectivity index (χ3n) is 2.87. The molecule has 0 spiro atoms. The van der Waals surface area contributed by atoms with E-state index < -0.39 is 11.3 Å². The van der Waals surface area contributed by atoms with Crippen molar-refractivity contribution < 1.29 is 9.21 Å². The highest BCUT2D eigenvalue weighted by molar-refractivity contribution is 6.04. The lowest BCUT2D eigenvalue weighted by Gasteiger charge is -2.22. The van der Waals surface area contributed by atoms with Crippen molar-refractivity contribution in [2.75, 3.05) is 7.05 Å². The summed E-state index contributed by atoms with van der Waals surface area (Å²) in [4.78, 5) is 25.7. The van der Waals surface area contributed by atoms with Crippen molar-refractivity contribution in [1.29, 1.82) is 0 Å². The van der Waals surface area contributed by atoms with E-state index in [2.05, 4.69) is 10.3 Å². The first-order valence-electron chi connectivity index (χ1n) is 5.30. The molecule has 0 unspecified atom stereocenters. The summed E-state index contributed by atoms with van der Waals surface area (Å²) in [7, 11) is 1.73. The van der Waals surface area contributed by atoms with Crippen molar-refractivity contribution in [2.45, 2.75) is 19.4 Å². The summed E-state index contributed by atoms with van der Waals surface area (Å²) in [6.45, 7) is 3.61. The summed E-state index contributed by atoms with van der Waals surface area (Å²) < 4.78 is 4.88. The zero-order valence-corrected chi connectivity index (χ0v) is 9.96. The predicted octanol–water partition coefficient (Wildman–Crippen LogP) is 1.30. The minimum atomic E-state index is -0.641. The van der Waals surface area contributed by atoms with Crippen LogP contribution in [0.25, 0.3) is 11.1 Å². The Balaban J connectivity index is 2.49. The molecule has 0 fully saturated rings. The lowest BCUT2D eigenvalue weighted by atomic mass is 9.93. The van der Waals surface area contributed by atoms with Crippen LogP contribution in [0.1, 0.15) is 24.2 Å². The van der Waals surface area contributed by atoms with E-state index in [1.807, 2.05) is 0 Å². The molecule has 5 nitrogen and oxygen atoms in total. The van der Waals surface area contributed by atoms with Crippen LogP contribution in [-0.2, 0) is 0 Å². The molecule has 90 valence electrons. The number of H-pyrrole nitrogens is 1. The number of hydrogen-bond acceptors (Lipinski definition) is 4. The summed E-state index contributed by atoms with van der Waals surface area (Å²) in [6.07, 6.45) is 0. The SMILES string of the molecule is CNC(C)(C)C(=O)c1ccc2oc(=O)[nH]c2c1. The van der Waals surface area contributed by atoms with Crippen LogP contribution in [0.15, 0.2) is 27.4 Å². The van der Waals surface area contributed by atoms with E-state index in [0.29, 0.717) is 16.7 Å². The van der Waals surface area contributed by atoms with Gasteiger partial charge in [-0.2, -0.15) is 0 Å². The number of benzene rings is 1. The van der Waals surface area contributed by atoms with Crippen LogP contribution in [0.2, 0.25) is 0 Å². The zero-order valence-electron chi connectivity index (χ0n) is 9.96. The van der Waals surface area contributed by atoms with Gasteiger partial charge >= 0.3 is 5.76 Å². The summed E-state index contributed by atoms with van der Waals surface area (Å²) in [5, 5.41) is 2.95. The Morgan fingerprint density at radius 1 is 1.41 bits per heavy atom. The first-order valence-corrected chi connectivity index (χ1v) is 5.30. The van der Waals surface area contributed by atoms with Gasteiger partial charge in [-0.1, -0.05) is 0 Å². The summed E-state index contributed by atoms with van der Waals surface area (Å²) in [5.41, 5.74) is 0.882. The molecule has 0 aliphatic heterocycles. The maximum absolute atomic E-state index is 12.2. The molecular weight excluding hydrogens is 220 g/mol. The van der Waals surface area contributed by atoms with E-state index in [9.17, 15) is 9.59 Å². The third kappa shape index (κ3) is 2.01. The molecule has 0 aliphatic rings. The number of oxazole rings is 1. The van der Waals surface area contributed by atoms with Crippen LogP contribution in [0.5, 0.6) is 0 Å². The number of nitrogens with one attached hydrogen (secondary N) is 2. The van der Waals surface area contributed by atoms with Crippen molar-refractivity contribution in [3.63, 3.8) is 0 Å². The third-order valence-corrected chi connectivity index (χ3v) is 2.87. The Kier molecular flexibility index (Phi) is 2.63. The van der Waals surface area contributed by atoms with E-state index in [1.165, 1.54) is 0 Å². The molecule has 0 saturated heterocycles. The van der Waals surface area contributed by atoms with Gasteiger partial charge in [0.2, 0.25) is 0 Å². The van der Waals surface area contributed by atoms with Crippen LogP contribution in [-0.4, -0.2) is 23.4 Å². The Morgan fingerprint density at radius 2 is 2.12 bits per heavy atom. The van der Waals surface area contributed by atoms with Gasteiger partial charge in [-0.3, -0.25) is 9.78 Å². The van der Waals surface area contributed by atoms with Crippen LogP contribution >= 0.6 is 0 Å². The number of likely N-dealkylation sites (N-methyl/N-ethyl adjacent to an activating group) is 1. The van der Waals surface area contributed by atoms with Crippen molar-refractivity contribution in [3.05, 3.63) is 34.3 Å². The van der Waals surface area contributed by atoms with Crippen molar-refractivity contribution in [1.82, 2.24) is 10.3 Å². The second-order valence-electron chi connectivity index (χ2n) is 4.43. The van der Waals surface area contributed by atoms with Crippen molar-refractivity contribution in [2.24, 2.45) is 0 Å². The van der Waals surface area contributed by atoms with Gasteiger partial charge in [-0.25, -0.2) is 4.79 Å². The predicted molar refractivity (Wildman–Crippen MR) is 64.3 cm³/mol. The molecule has 1 aromatic carbocycles. The molecule has 0 radical (unpaired) electrons. The summed E-state index contributed by atoms with van der Waals surface area (Å²) >= 11 is 0. The fourth-order valence-corrected chi connectivity index (χ4v) is 1.57. The largest absolute Gasteiger partial charge is 0.417 e. The number of carbonyl (C=O) groups excluding carboxylic acids is 1. The first-order chi connectivity index (χ1) is 7.94. The highest BCUT2D eigenvalue weighted by Gasteiger charge is 2.26. The summed E-state index contributed by atoms with van der Waals surface area (Å²) in [6, 6.07) is 4.90. The number of Topliss-reactive ketones (excluding diaryl/α,β-unsaturated/α-hetero) is 1. The number of aromatic nitrogens is 1. The molecule has 2 aromatic rings. The average Bonchev–Trinajstić information content (AvgIpc) is 2.66. The molecule has 0 bridgehead atoms. The fraction of sp³-hybridized carbons (Fsp3) is 0.333. The molecule has 0 saturated carbocycles. The van der Waals surface area contributed by atoms with Crippen molar-refractivity contribution in [3.8, 4) is 0 Å². The second-order valence-corrected chi connectivity index (χ2v) is 4.43. The van der Waals surface area contributed by atoms with Gasteiger partial charge in [0, 0.05) is 5.56 Å². The lowest BCUT2D eigenvalue weighted by Crippen LogP contribution is -2.44. The van der Waals surface area contributed by atoms with E-state index in [1.54, 1.807) is 39.1 Å². The maximum atomic E-state index is 12.2. The number of carbonyl (C=O) groups is 1. The first kappa shape index (κ1) is 11.6. The number of rotatable bonds is 3. The van der Waals surface area contributed by atoms with E-state index in [4.69, 9.17) is 4.42 Å². The summed E-state index contributed by atoms with van der Waals surface area (Å²) in [5.74, 6) is -0.554. The number of aromatic amines is 1. The van der Waals surface area contributed by atoms with Crippen LogP contribution in [0, 0.1) is 0 Å². The van der Waals surface area contributed by atoms with E-state index in [0.717, 1.165) is 0 Å². The zero-order chi connectivity index (χ0) is 12.6. The van der Waals surface area contributed by atoms with Gasteiger partial charge < -0.3 is 9.73 Å².